The van der Waals surface area contributed by atoms with E-state index in [-0.39, 0.29) is 1.43 Å². The number of thiocarbonyl (C=S) groups is 1. The van der Waals surface area contributed by atoms with Crippen molar-refractivity contribution in [1.29, 1.82) is 0 Å². The fraction of sp³-hybridized carbons (Fsp3) is 0.364. The summed E-state index contributed by atoms with van der Waals surface area (Å²) in [6.07, 6.45) is 1.10. The smallest absolute Gasteiger partial charge is 0.173 e. The van der Waals surface area contributed by atoms with E-state index in [1.54, 1.807) is 0 Å². The summed E-state index contributed by atoms with van der Waals surface area (Å²) in [6, 6.07) is 8.44. The van der Waals surface area contributed by atoms with Crippen LogP contribution in [0.3, 0.4) is 0 Å². The molecule has 1 aliphatic rings. The maximum Gasteiger partial charge on any atom is 0.173 e. The van der Waals surface area contributed by atoms with Gasteiger partial charge in [-0.15, -0.1) is 0 Å². The Morgan fingerprint density at radius 3 is 3.14 bits per heavy atom. The van der Waals surface area contributed by atoms with E-state index in [0.717, 1.165) is 24.6 Å². The fourth-order valence-electron chi connectivity index (χ4n) is 1.80. The number of para-hydroxylation sites is 1. The van der Waals surface area contributed by atoms with Gasteiger partial charge in [-0.1, -0.05) is 18.2 Å². The fourth-order valence-corrected chi connectivity index (χ4v) is 2.13. The van der Waals surface area contributed by atoms with Crippen LogP contribution in [0.1, 0.15) is 13.9 Å². The maximum absolute atomic E-state index is 5.30. The molecule has 2 nitrogen and oxygen atoms in total. The summed E-state index contributed by atoms with van der Waals surface area (Å²) in [5.74, 6) is 0. The van der Waals surface area contributed by atoms with E-state index >= 15 is 0 Å². The van der Waals surface area contributed by atoms with Crippen molar-refractivity contribution in [3.05, 3.63) is 29.8 Å². The van der Waals surface area contributed by atoms with Crippen LogP contribution in [0.25, 0.3) is 0 Å². The summed E-state index contributed by atoms with van der Waals surface area (Å²) < 4.78 is 0. The molecule has 0 fully saturated rings. The molecule has 0 saturated heterocycles. The van der Waals surface area contributed by atoms with Crippen molar-refractivity contribution >= 4 is 23.0 Å². The summed E-state index contributed by atoms with van der Waals surface area (Å²) in [5, 5.41) is 4.03. The first-order chi connectivity index (χ1) is 6.83. The number of anilines is 1. The van der Waals surface area contributed by atoms with Crippen molar-refractivity contribution in [1.82, 2.24) is 5.32 Å². The van der Waals surface area contributed by atoms with Gasteiger partial charge in [0.05, 0.1) is 0 Å². The molecule has 0 atom stereocenters. The average molecular weight is 208 g/mol. The number of nitrogens with zero attached hydrogens (tertiary/aromatic N) is 1. The zero-order chi connectivity index (χ0) is 9.97. The van der Waals surface area contributed by atoms with Gasteiger partial charge in [-0.2, -0.15) is 0 Å². The lowest BCUT2D eigenvalue weighted by atomic mass is 10.2. The first kappa shape index (κ1) is 9.46. The highest BCUT2D eigenvalue weighted by Gasteiger charge is 2.20. The highest BCUT2D eigenvalue weighted by atomic mass is 32.1. The first-order valence-corrected chi connectivity index (χ1v) is 5.37. The molecule has 2 rings (SSSR count). The molecule has 0 bridgehead atoms. The number of hydrogen-bond donors (Lipinski definition) is 1. The summed E-state index contributed by atoms with van der Waals surface area (Å²) in [5.41, 5.74) is 2.66. The normalized spacial score (nSPS) is 13.9. The molecular weight excluding hydrogens is 192 g/mol. The van der Waals surface area contributed by atoms with E-state index in [0.29, 0.717) is 0 Å². The molecule has 1 aromatic rings. The van der Waals surface area contributed by atoms with Crippen molar-refractivity contribution in [2.24, 2.45) is 0 Å². The molecule has 1 heterocycles. The number of nitrogens with one attached hydrogen (secondary N) is 1. The Morgan fingerprint density at radius 1 is 1.57 bits per heavy atom. The van der Waals surface area contributed by atoms with Crippen LogP contribution >= 0.6 is 12.2 Å². The summed E-state index contributed by atoms with van der Waals surface area (Å²) in [4.78, 5) is 2.17. The lowest BCUT2D eigenvalue weighted by Gasteiger charge is -2.20. The molecule has 1 N–H and O–H groups in total. The van der Waals surface area contributed by atoms with E-state index in [9.17, 15) is 0 Å². The Hall–Kier alpha value is -1.09. The molecule has 0 radical (unpaired) electrons. The molecule has 76 valence electrons. The van der Waals surface area contributed by atoms with Crippen LogP contribution in [0.4, 0.5) is 5.69 Å². The second kappa shape index (κ2) is 3.96. The molecule has 0 aliphatic carbocycles. The van der Waals surface area contributed by atoms with Gasteiger partial charge in [0.15, 0.2) is 5.11 Å². The van der Waals surface area contributed by atoms with Gasteiger partial charge in [0.2, 0.25) is 0 Å². The Kier molecular flexibility index (Phi) is 2.68. The van der Waals surface area contributed by atoms with Crippen molar-refractivity contribution in [3.63, 3.8) is 0 Å². The quantitative estimate of drug-likeness (QED) is 0.712. The topological polar surface area (TPSA) is 15.3 Å². The van der Waals surface area contributed by atoms with E-state index < -0.39 is 0 Å². The zero-order valence-corrected chi connectivity index (χ0v) is 9.10. The van der Waals surface area contributed by atoms with Gasteiger partial charge < -0.3 is 10.2 Å². The average Bonchev–Trinajstić information content (AvgIpc) is 2.61. The first-order valence-electron chi connectivity index (χ1n) is 4.96. The predicted molar refractivity (Wildman–Crippen MR) is 65.9 cm³/mol. The minimum Gasteiger partial charge on any atom is -0.363 e. The standard InChI is InChI=1S/C11H14N2S.H2/c1-2-12-11(14)13-8-7-9-5-3-4-6-10(9)13;/h3-6H,2,7-8H2,1H3,(H,12,14);1H. The highest BCUT2D eigenvalue weighted by molar-refractivity contribution is 7.80. The Morgan fingerprint density at radius 2 is 2.36 bits per heavy atom. The van der Waals surface area contributed by atoms with Crippen LogP contribution in [0.5, 0.6) is 0 Å². The van der Waals surface area contributed by atoms with Crippen LogP contribution in [0.15, 0.2) is 24.3 Å². The van der Waals surface area contributed by atoms with Gasteiger partial charge in [-0.05, 0) is 37.2 Å². The van der Waals surface area contributed by atoms with Crippen LogP contribution in [-0.2, 0) is 6.42 Å². The van der Waals surface area contributed by atoms with Crippen molar-refractivity contribution < 1.29 is 1.43 Å². The second-order valence-electron chi connectivity index (χ2n) is 3.37. The Labute approximate surface area is 91.4 Å². The molecule has 1 aromatic carbocycles. The molecule has 14 heavy (non-hydrogen) atoms. The molecule has 0 spiro atoms. The predicted octanol–water partition coefficient (Wildman–Crippen LogP) is 2.19. The van der Waals surface area contributed by atoms with Gasteiger partial charge in [0, 0.05) is 20.2 Å². The van der Waals surface area contributed by atoms with Crippen LogP contribution in [0, 0.1) is 0 Å². The molecule has 0 saturated carbocycles. The van der Waals surface area contributed by atoms with Crippen LogP contribution in [-0.4, -0.2) is 18.2 Å². The minimum absolute atomic E-state index is 0. The Bertz CT molecular complexity index is 354. The number of hydrogen-bond acceptors (Lipinski definition) is 1. The molecular formula is C11H16N2S. The largest absolute Gasteiger partial charge is 0.363 e. The molecule has 0 amide bonds. The summed E-state index contributed by atoms with van der Waals surface area (Å²) in [6.45, 7) is 3.96. The van der Waals surface area contributed by atoms with Gasteiger partial charge in [-0.3, -0.25) is 0 Å². The third-order valence-electron chi connectivity index (χ3n) is 2.46. The third-order valence-corrected chi connectivity index (χ3v) is 2.83. The van der Waals surface area contributed by atoms with Gasteiger partial charge in [0.1, 0.15) is 0 Å². The number of fused-ring (bicyclic) bond motifs is 1. The molecule has 3 heteroatoms. The summed E-state index contributed by atoms with van der Waals surface area (Å²) >= 11 is 5.30. The van der Waals surface area contributed by atoms with Gasteiger partial charge >= 0.3 is 0 Å². The monoisotopic (exact) mass is 208 g/mol. The van der Waals surface area contributed by atoms with E-state index in [4.69, 9.17) is 12.2 Å². The van der Waals surface area contributed by atoms with Crippen molar-refractivity contribution in [2.75, 3.05) is 18.0 Å². The van der Waals surface area contributed by atoms with E-state index in [1.165, 1.54) is 11.3 Å². The maximum atomic E-state index is 5.30. The third kappa shape index (κ3) is 1.60. The van der Waals surface area contributed by atoms with E-state index in [1.807, 2.05) is 0 Å². The molecule has 0 aromatic heterocycles. The van der Waals surface area contributed by atoms with Crippen LogP contribution in [0.2, 0.25) is 0 Å². The summed E-state index contributed by atoms with van der Waals surface area (Å²) in [7, 11) is 0. The number of benzene rings is 1. The van der Waals surface area contributed by atoms with Gasteiger partial charge in [0.25, 0.3) is 0 Å². The molecule has 0 unspecified atom stereocenters. The lowest BCUT2D eigenvalue weighted by Crippen LogP contribution is -2.38. The highest BCUT2D eigenvalue weighted by Crippen LogP contribution is 2.27. The second-order valence-corrected chi connectivity index (χ2v) is 3.75. The SMILES string of the molecule is CCNC(=S)N1CCc2ccccc21.[HH]. The Balaban J connectivity index is 0.00000112. The van der Waals surface area contributed by atoms with Gasteiger partial charge in [-0.25, -0.2) is 0 Å². The number of rotatable bonds is 1. The van der Waals surface area contributed by atoms with Crippen molar-refractivity contribution in [3.8, 4) is 0 Å². The zero-order valence-electron chi connectivity index (χ0n) is 8.29. The minimum atomic E-state index is 0. The van der Waals surface area contributed by atoms with Crippen molar-refractivity contribution in [2.45, 2.75) is 13.3 Å². The lowest BCUT2D eigenvalue weighted by molar-refractivity contribution is 0.927. The van der Waals surface area contributed by atoms with Crippen LogP contribution < -0.4 is 10.2 Å². The van der Waals surface area contributed by atoms with E-state index in [2.05, 4.69) is 41.4 Å². The molecule has 1 aliphatic heterocycles.